The molecule has 2 fully saturated rings. The highest BCUT2D eigenvalue weighted by Crippen LogP contribution is 2.30. The van der Waals surface area contributed by atoms with Crippen LogP contribution in [0.1, 0.15) is 36.1 Å². The lowest BCUT2D eigenvalue weighted by molar-refractivity contribution is -0.0746. The number of amides is 1. The maximum absolute atomic E-state index is 15.0. The summed E-state index contributed by atoms with van der Waals surface area (Å²) in [7, 11) is 0. The number of ether oxygens (including phenoxy) is 1. The average Bonchev–Trinajstić information content (AvgIpc) is 3.26. The molecule has 12 heteroatoms. The first-order valence-corrected chi connectivity index (χ1v) is 13.3. The molecule has 0 saturated carbocycles. The monoisotopic (exact) mass is 548 g/mol. The summed E-state index contributed by atoms with van der Waals surface area (Å²) in [5, 5.41) is 2.95. The van der Waals surface area contributed by atoms with E-state index in [2.05, 4.69) is 30.2 Å². The van der Waals surface area contributed by atoms with Gasteiger partial charge in [0.25, 0.3) is 5.91 Å². The Hall–Kier alpha value is -4.03. The van der Waals surface area contributed by atoms with Gasteiger partial charge in [0.05, 0.1) is 36.5 Å². The van der Waals surface area contributed by atoms with Crippen LogP contribution in [0.3, 0.4) is 0 Å². The number of nitrogens with zero attached hydrogens (tertiary/aromatic N) is 7. The summed E-state index contributed by atoms with van der Waals surface area (Å²) in [4.78, 5) is 34.2. The van der Waals surface area contributed by atoms with Gasteiger partial charge in [0.2, 0.25) is 5.95 Å². The minimum absolute atomic E-state index is 0.0418. The van der Waals surface area contributed by atoms with Crippen LogP contribution in [0.25, 0.3) is 22.3 Å². The highest BCUT2D eigenvalue weighted by Gasteiger charge is 2.30. The normalized spacial score (nSPS) is 16.5. The number of nitrogens with one attached hydrogen (secondary N) is 1. The Kier molecular flexibility index (Phi) is 6.88. The van der Waals surface area contributed by atoms with Crippen molar-refractivity contribution in [1.82, 2.24) is 34.3 Å². The Morgan fingerprint density at radius 2 is 1.80 bits per heavy atom. The van der Waals surface area contributed by atoms with Crippen LogP contribution in [0.5, 0.6) is 0 Å². The number of halogens is 2. The minimum Gasteiger partial charge on any atom is -0.378 e. The van der Waals surface area contributed by atoms with Gasteiger partial charge in [-0.2, -0.15) is 0 Å². The van der Waals surface area contributed by atoms with Crippen molar-refractivity contribution >= 4 is 28.7 Å². The van der Waals surface area contributed by atoms with Crippen molar-refractivity contribution < 1.29 is 18.3 Å². The third kappa shape index (κ3) is 4.88. The van der Waals surface area contributed by atoms with E-state index < -0.39 is 11.6 Å². The van der Waals surface area contributed by atoms with Crippen LogP contribution < -0.4 is 5.32 Å². The number of aryl methyl sites for hydroxylation is 1. The van der Waals surface area contributed by atoms with Crippen molar-refractivity contribution in [3.8, 4) is 11.3 Å². The predicted octanol–water partition coefficient (Wildman–Crippen LogP) is 3.96. The third-order valence-corrected chi connectivity index (χ3v) is 7.45. The fourth-order valence-corrected chi connectivity index (χ4v) is 5.30. The highest BCUT2D eigenvalue weighted by molar-refractivity contribution is 5.94. The Morgan fingerprint density at radius 1 is 1.02 bits per heavy atom. The molecule has 1 N–H and O–H groups in total. The van der Waals surface area contributed by atoms with Gasteiger partial charge in [-0.25, -0.2) is 28.7 Å². The van der Waals surface area contributed by atoms with E-state index in [0.29, 0.717) is 41.9 Å². The number of carbonyl (C=O) groups is 1. The zero-order chi connectivity index (χ0) is 28.0. The number of rotatable bonds is 6. The molecule has 2 aliphatic rings. The Balaban J connectivity index is 1.18. The minimum atomic E-state index is -0.685. The van der Waals surface area contributed by atoms with E-state index >= 15 is 0 Å². The van der Waals surface area contributed by atoms with Gasteiger partial charge in [-0.15, -0.1) is 0 Å². The summed E-state index contributed by atoms with van der Waals surface area (Å²) in [5.41, 5.74) is 1.50. The Bertz CT molecular complexity index is 1560. The molecular weight excluding hydrogens is 518 g/mol. The molecule has 4 aromatic rings. The highest BCUT2D eigenvalue weighted by atomic mass is 19.1. The van der Waals surface area contributed by atoms with Crippen LogP contribution in [0.15, 0.2) is 36.7 Å². The molecule has 1 aromatic carbocycles. The standard InChI is InChI=1S/C28H30F2N8O2/c1-16(2)38-17(3)33-26-21(29)10-19(11-23(26)38)25-22(30)13-32-28(35-25)34-24-5-4-18(12-31-24)27(39)37-8-6-36(7-9-37)20-14-40-15-20/h4-5,10-13,16,20H,6-9,14-15H2,1-3H3,(H,31,32,34,35). The predicted molar refractivity (Wildman–Crippen MR) is 145 cm³/mol. The van der Waals surface area contributed by atoms with Crippen LogP contribution in [-0.2, 0) is 4.74 Å². The summed E-state index contributed by atoms with van der Waals surface area (Å²) in [5.74, 6) is -0.159. The second-order valence-corrected chi connectivity index (χ2v) is 10.4. The van der Waals surface area contributed by atoms with Gasteiger partial charge in [-0.3, -0.25) is 9.69 Å². The number of aromatic nitrogens is 5. The third-order valence-electron chi connectivity index (χ3n) is 7.45. The van der Waals surface area contributed by atoms with Crippen molar-refractivity contribution in [2.24, 2.45) is 0 Å². The van der Waals surface area contributed by atoms with Crippen LogP contribution in [0, 0.1) is 18.6 Å². The summed E-state index contributed by atoms with van der Waals surface area (Å²) < 4.78 is 37.0. The van der Waals surface area contributed by atoms with Gasteiger partial charge >= 0.3 is 0 Å². The summed E-state index contributed by atoms with van der Waals surface area (Å²) in [6, 6.07) is 6.76. The molecule has 40 heavy (non-hydrogen) atoms. The van der Waals surface area contributed by atoms with Gasteiger partial charge in [-0.1, -0.05) is 0 Å². The Morgan fingerprint density at radius 3 is 2.45 bits per heavy atom. The first-order chi connectivity index (χ1) is 19.3. The number of anilines is 2. The fourth-order valence-electron chi connectivity index (χ4n) is 5.30. The molecule has 6 rings (SSSR count). The molecule has 208 valence electrons. The number of hydrogen-bond acceptors (Lipinski definition) is 8. The second kappa shape index (κ2) is 10.5. The zero-order valence-electron chi connectivity index (χ0n) is 22.6. The van der Waals surface area contributed by atoms with Gasteiger partial charge in [0.1, 0.15) is 22.9 Å². The lowest BCUT2D eigenvalue weighted by atomic mass is 10.1. The smallest absolute Gasteiger partial charge is 0.255 e. The first kappa shape index (κ1) is 26.2. The number of imidazole rings is 1. The molecule has 0 atom stereocenters. The van der Waals surface area contributed by atoms with Gasteiger partial charge in [-0.05, 0) is 45.0 Å². The largest absolute Gasteiger partial charge is 0.378 e. The van der Waals surface area contributed by atoms with E-state index in [-0.39, 0.29) is 34.7 Å². The zero-order valence-corrected chi connectivity index (χ0v) is 22.6. The lowest BCUT2D eigenvalue weighted by Crippen LogP contribution is -2.57. The molecule has 1 amide bonds. The number of hydrogen-bond donors (Lipinski definition) is 1. The van der Waals surface area contributed by atoms with Crippen molar-refractivity contribution in [1.29, 1.82) is 0 Å². The maximum atomic E-state index is 15.0. The van der Waals surface area contributed by atoms with E-state index in [4.69, 9.17) is 4.74 Å². The number of benzene rings is 1. The molecule has 0 aliphatic carbocycles. The first-order valence-electron chi connectivity index (χ1n) is 13.3. The van der Waals surface area contributed by atoms with E-state index in [1.165, 1.54) is 12.3 Å². The van der Waals surface area contributed by atoms with Crippen molar-refractivity contribution in [2.75, 3.05) is 44.7 Å². The summed E-state index contributed by atoms with van der Waals surface area (Å²) in [6.07, 6.45) is 2.53. The fraction of sp³-hybridized carbons (Fsp3) is 0.393. The molecule has 2 saturated heterocycles. The number of pyridine rings is 1. The molecule has 0 spiro atoms. The molecule has 0 unspecified atom stereocenters. The maximum Gasteiger partial charge on any atom is 0.255 e. The van der Waals surface area contributed by atoms with E-state index in [1.807, 2.05) is 30.2 Å². The lowest BCUT2D eigenvalue weighted by Gasteiger charge is -2.42. The number of piperazine rings is 1. The van der Waals surface area contributed by atoms with E-state index in [1.54, 1.807) is 18.2 Å². The average molecular weight is 549 g/mol. The van der Waals surface area contributed by atoms with Gasteiger partial charge in [0.15, 0.2) is 11.6 Å². The van der Waals surface area contributed by atoms with Crippen molar-refractivity contribution in [2.45, 2.75) is 32.9 Å². The van der Waals surface area contributed by atoms with Crippen LogP contribution in [0.2, 0.25) is 0 Å². The molecule has 10 nitrogen and oxygen atoms in total. The second-order valence-electron chi connectivity index (χ2n) is 10.4. The summed E-state index contributed by atoms with van der Waals surface area (Å²) in [6.45, 7) is 10.3. The van der Waals surface area contributed by atoms with Crippen LogP contribution in [0.4, 0.5) is 20.5 Å². The van der Waals surface area contributed by atoms with Gasteiger partial charge < -0.3 is 19.5 Å². The molecule has 0 radical (unpaired) electrons. The van der Waals surface area contributed by atoms with E-state index in [0.717, 1.165) is 32.5 Å². The van der Waals surface area contributed by atoms with Crippen molar-refractivity contribution in [3.05, 3.63) is 59.7 Å². The molecular formula is C28H30F2N8O2. The Labute approximate surface area is 230 Å². The SMILES string of the molecule is Cc1nc2c(F)cc(-c3nc(Nc4ccc(C(=O)N5CCN(C6COC6)CC5)cn4)ncc3F)cc2n1C(C)C. The molecule has 3 aromatic heterocycles. The number of carbonyl (C=O) groups excluding carboxylic acids is 1. The number of fused-ring (bicyclic) bond motifs is 1. The van der Waals surface area contributed by atoms with Crippen molar-refractivity contribution in [3.63, 3.8) is 0 Å². The van der Waals surface area contributed by atoms with E-state index in [9.17, 15) is 13.6 Å². The van der Waals surface area contributed by atoms with Crippen LogP contribution in [-0.4, -0.2) is 85.6 Å². The topological polar surface area (TPSA) is 101 Å². The molecule has 2 aliphatic heterocycles. The molecule has 5 heterocycles. The van der Waals surface area contributed by atoms with Gasteiger partial charge in [0, 0.05) is 44.0 Å². The summed E-state index contributed by atoms with van der Waals surface area (Å²) >= 11 is 0. The van der Waals surface area contributed by atoms with Crippen LogP contribution >= 0.6 is 0 Å². The molecule has 0 bridgehead atoms. The quantitative estimate of drug-likeness (QED) is 0.387.